The Kier molecular flexibility index (Phi) is 3.18. The van der Waals surface area contributed by atoms with Crippen molar-refractivity contribution >= 4 is 10.9 Å². The second-order valence-electron chi connectivity index (χ2n) is 5.15. The van der Waals surface area contributed by atoms with Gasteiger partial charge in [0.2, 0.25) is 0 Å². The van der Waals surface area contributed by atoms with Gasteiger partial charge >= 0.3 is 0 Å². The van der Waals surface area contributed by atoms with Crippen LogP contribution in [0.4, 0.5) is 0 Å². The highest BCUT2D eigenvalue weighted by Gasteiger charge is 2.10. The van der Waals surface area contributed by atoms with Crippen molar-refractivity contribution in [1.29, 1.82) is 0 Å². The summed E-state index contributed by atoms with van der Waals surface area (Å²) in [6.07, 6.45) is 3.66. The van der Waals surface area contributed by atoms with Crippen molar-refractivity contribution in [3.05, 3.63) is 59.0 Å². The number of aromatic nitrogens is 2. The van der Waals surface area contributed by atoms with E-state index in [0.29, 0.717) is 6.61 Å². The molecule has 2 aromatic heterocycles. The summed E-state index contributed by atoms with van der Waals surface area (Å²) in [5.41, 5.74) is 5.86. The summed E-state index contributed by atoms with van der Waals surface area (Å²) in [6.45, 7) is 6.83. The van der Waals surface area contributed by atoms with Crippen LogP contribution in [0.15, 0.2) is 36.7 Å². The molecule has 0 spiro atoms. The number of rotatable bonds is 3. The van der Waals surface area contributed by atoms with Crippen LogP contribution >= 0.6 is 0 Å². The molecule has 0 saturated heterocycles. The second-order valence-corrected chi connectivity index (χ2v) is 5.15. The molecule has 0 aliphatic carbocycles. The van der Waals surface area contributed by atoms with E-state index in [9.17, 15) is 0 Å². The summed E-state index contributed by atoms with van der Waals surface area (Å²) < 4.78 is 5.96. The summed E-state index contributed by atoms with van der Waals surface area (Å²) >= 11 is 0. The number of nitrogens with zero attached hydrogens (tertiary/aromatic N) is 1. The molecular weight excluding hydrogens is 248 g/mol. The first-order valence-electron chi connectivity index (χ1n) is 6.77. The Morgan fingerprint density at radius 1 is 1.10 bits per heavy atom. The van der Waals surface area contributed by atoms with Gasteiger partial charge in [-0.1, -0.05) is 24.3 Å². The van der Waals surface area contributed by atoms with Crippen LogP contribution < -0.4 is 4.74 Å². The largest absolute Gasteiger partial charge is 0.485 e. The van der Waals surface area contributed by atoms with Gasteiger partial charge in [-0.3, -0.25) is 4.98 Å². The zero-order valence-corrected chi connectivity index (χ0v) is 12.0. The van der Waals surface area contributed by atoms with E-state index < -0.39 is 0 Å². The van der Waals surface area contributed by atoms with Crippen LogP contribution in [0.2, 0.25) is 0 Å². The lowest BCUT2D eigenvalue weighted by Crippen LogP contribution is -1.98. The molecule has 0 unspecified atom stereocenters. The summed E-state index contributed by atoms with van der Waals surface area (Å²) in [4.78, 5) is 7.66. The molecule has 1 aromatic carbocycles. The zero-order chi connectivity index (χ0) is 14.1. The van der Waals surface area contributed by atoms with Crippen molar-refractivity contribution in [1.82, 2.24) is 9.97 Å². The van der Waals surface area contributed by atoms with Crippen LogP contribution in [-0.4, -0.2) is 9.97 Å². The minimum absolute atomic E-state index is 0.560. The van der Waals surface area contributed by atoms with Gasteiger partial charge in [0.05, 0.1) is 11.7 Å². The third kappa shape index (κ3) is 2.16. The maximum absolute atomic E-state index is 5.96. The van der Waals surface area contributed by atoms with E-state index in [-0.39, 0.29) is 0 Å². The maximum Gasteiger partial charge on any atom is 0.162 e. The van der Waals surface area contributed by atoms with Crippen LogP contribution in [0.3, 0.4) is 0 Å². The molecule has 0 radical (unpaired) electrons. The predicted molar refractivity (Wildman–Crippen MR) is 81.1 cm³/mol. The fourth-order valence-corrected chi connectivity index (χ4v) is 2.37. The molecule has 0 fully saturated rings. The number of pyridine rings is 1. The fourth-order valence-electron chi connectivity index (χ4n) is 2.37. The van der Waals surface area contributed by atoms with Gasteiger partial charge in [-0.2, -0.15) is 0 Å². The Bertz CT molecular complexity index is 759. The predicted octanol–water partition coefficient (Wildman–Crippen LogP) is 4.07. The highest BCUT2D eigenvalue weighted by atomic mass is 16.5. The Morgan fingerprint density at radius 3 is 2.70 bits per heavy atom. The number of ether oxygens (including phenoxy) is 1. The minimum atomic E-state index is 0.560. The number of fused-ring (bicyclic) bond motifs is 1. The van der Waals surface area contributed by atoms with Crippen LogP contribution in [0.1, 0.15) is 22.4 Å². The van der Waals surface area contributed by atoms with E-state index in [2.05, 4.69) is 42.9 Å². The zero-order valence-electron chi connectivity index (χ0n) is 12.0. The Morgan fingerprint density at radius 2 is 1.90 bits per heavy atom. The van der Waals surface area contributed by atoms with Gasteiger partial charge in [0.15, 0.2) is 5.75 Å². The highest BCUT2D eigenvalue weighted by Crippen LogP contribution is 2.28. The first-order valence-corrected chi connectivity index (χ1v) is 6.77. The molecule has 3 aromatic rings. The molecule has 0 bridgehead atoms. The van der Waals surface area contributed by atoms with Gasteiger partial charge in [0, 0.05) is 17.3 Å². The van der Waals surface area contributed by atoms with Crippen molar-refractivity contribution in [2.75, 3.05) is 0 Å². The maximum atomic E-state index is 5.96. The fraction of sp³-hybridized carbons (Fsp3) is 0.235. The summed E-state index contributed by atoms with van der Waals surface area (Å²) in [7, 11) is 0. The van der Waals surface area contributed by atoms with Gasteiger partial charge in [-0.25, -0.2) is 0 Å². The molecule has 0 aliphatic rings. The standard InChI is InChI=1S/C17H18N2O/c1-11-6-4-5-7-14(11)10-20-16-9-18-8-15-12(2)13(3)19-17(15)16/h4-9,19H,10H2,1-3H3. The van der Waals surface area contributed by atoms with Gasteiger partial charge in [0.25, 0.3) is 0 Å². The topological polar surface area (TPSA) is 37.9 Å². The van der Waals surface area contributed by atoms with E-state index in [0.717, 1.165) is 22.3 Å². The number of H-pyrrole nitrogens is 1. The average molecular weight is 266 g/mol. The number of aromatic amines is 1. The third-order valence-corrected chi connectivity index (χ3v) is 3.83. The number of hydrogen-bond acceptors (Lipinski definition) is 2. The van der Waals surface area contributed by atoms with Gasteiger partial charge < -0.3 is 9.72 Å². The summed E-state index contributed by atoms with van der Waals surface area (Å²) in [5, 5.41) is 1.13. The van der Waals surface area contributed by atoms with Crippen molar-refractivity contribution < 1.29 is 4.74 Å². The van der Waals surface area contributed by atoms with E-state index in [4.69, 9.17) is 4.74 Å². The Balaban J connectivity index is 1.92. The number of benzene rings is 1. The third-order valence-electron chi connectivity index (χ3n) is 3.83. The Hall–Kier alpha value is -2.29. The van der Waals surface area contributed by atoms with Crippen LogP contribution in [-0.2, 0) is 6.61 Å². The number of nitrogens with one attached hydrogen (secondary N) is 1. The molecule has 3 rings (SSSR count). The lowest BCUT2D eigenvalue weighted by Gasteiger charge is -2.09. The van der Waals surface area contributed by atoms with Crippen LogP contribution in [0, 0.1) is 20.8 Å². The van der Waals surface area contributed by atoms with Crippen molar-refractivity contribution in [3.8, 4) is 5.75 Å². The molecule has 102 valence electrons. The van der Waals surface area contributed by atoms with Gasteiger partial charge in [0.1, 0.15) is 6.61 Å². The first-order chi connectivity index (χ1) is 9.66. The first kappa shape index (κ1) is 12.7. The SMILES string of the molecule is Cc1ccccc1COc1cncc2c(C)c(C)[nH]c12. The number of hydrogen-bond donors (Lipinski definition) is 1. The van der Waals surface area contributed by atoms with E-state index >= 15 is 0 Å². The normalized spacial score (nSPS) is 10.9. The second kappa shape index (κ2) is 5.00. The smallest absolute Gasteiger partial charge is 0.162 e. The molecular formula is C17H18N2O. The monoisotopic (exact) mass is 266 g/mol. The van der Waals surface area contributed by atoms with Crippen molar-refractivity contribution in [3.63, 3.8) is 0 Å². The van der Waals surface area contributed by atoms with E-state index in [1.54, 1.807) is 6.20 Å². The van der Waals surface area contributed by atoms with E-state index in [1.807, 2.05) is 18.3 Å². The molecule has 0 aliphatic heterocycles. The number of aryl methyl sites for hydroxylation is 3. The Labute approximate surface area is 118 Å². The van der Waals surface area contributed by atoms with Crippen LogP contribution in [0.25, 0.3) is 10.9 Å². The van der Waals surface area contributed by atoms with Crippen molar-refractivity contribution in [2.24, 2.45) is 0 Å². The molecule has 0 saturated carbocycles. The van der Waals surface area contributed by atoms with Crippen molar-refractivity contribution in [2.45, 2.75) is 27.4 Å². The molecule has 1 N–H and O–H groups in total. The van der Waals surface area contributed by atoms with E-state index in [1.165, 1.54) is 16.7 Å². The molecule has 2 heterocycles. The highest BCUT2D eigenvalue weighted by molar-refractivity contribution is 5.88. The molecule has 0 atom stereocenters. The van der Waals surface area contributed by atoms with Gasteiger partial charge in [-0.05, 0) is 37.5 Å². The quantitative estimate of drug-likeness (QED) is 0.776. The lowest BCUT2D eigenvalue weighted by atomic mass is 10.1. The summed E-state index contributed by atoms with van der Waals surface area (Å²) in [6, 6.07) is 8.26. The summed E-state index contributed by atoms with van der Waals surface area (Å²) in [5.74, 6) is 0.807. The van der Waals surface area contributed by atoms with Gasteiger partial charge in [-0.15, -0.1) is 0 Å². The minimum Gasteiger partial charge on any atom is -0.485 e. The lowest BCUT2D eigenvalue weighted by molar-refractivity contribution is 0.307. The molecule has 3 heteroatoms. The average Bonchev–Trinajstić information content (AvgIpc) is 2.74. The van der Waals surface area contributed by atoms with Crippen LogP contribution in [0.5, 0.6) is 5.75 Å². The molecule has 20 heavy (non-hydrogen) atoms. The molecule has 0 amide bonds. The molecule has 3 nitrogen and oxygen atoms in total.